The van der Waals surface area contributed by atoms with Crippen molar-refractivity contribution in [1.82, 2.24) is 0 Å². The molecular weight excluding hydrogens is 488 g/mol. The van der Waals surface area contributed by atoms with Crippen LogP contribution in [-0.4, -0.2) is 68.8 Å². The van der Waals surface area contributed by atoms with Gasteiger partial charge in [-0.15, -0.1) is 0 Å². The Morgan fingerprint density at radius 2 is 0.879 bits per heavy atom. The van der Waals surface area contributed by atoms with Gasteiger partial charge in [-0.3, -0.25) is 0 Å². The first kappa shape index (κ1) is 27.5. The van der Waals surface area contributed by atoms with Gasteiger partial charge in [0.2, 0.25) is 0 Å². The van der Waals surface area contributed by atoms with Crippen LogP contribution in [0.1, 0.15) is 0 Å². The van der Waals surface area contributed by atoms with E-state index in [0.717, 1.165) is 19.6 Å². The number of hydrogen-bond donors (Lipinski definition) is 0. The smallest absolute Gasteiger partial charge is 0.179 e. The van der Waals surface area contributed by atoms with Gasteiger partial charge in [-0.2, -0.15) is 0 Å². The van der Waals surface area contributed by atoms with Crippen molar-refractivity contribution in [3.63, 3.8) is 0 Å². The maximum absolute atomic E-state index is 5.74. The van der Waals surface area contributed by atoms with E-state index in [1.807, 2.05) is 12.1 Å². The number of benzene rings is 2. The van der Waals surface area contributed by atoms with Gasteiger partial charge in [0.05, 0.1) is 74.1 Å². The predicted octanol–water partition coefficient (Wildman–Crippen LogP) is 5.28. The van der Waals surface area contributed by atoms with Crippen molar-refractivity contribution < 1.29 is 37.9 Å². The largest absolute Gasteiger partial charge is 0.495 e. The summed E-state index contributed by atoms with van der Waals surface area (Å²) in [7, 11) is 12.9. The van der Waals surface area contributed by atoms with Crippen LogP contribution in [0.5, 0.6) is 34.5 Å². The minimum Gasteiger partial charge on any atom is -0.495 e. The second kappa shape index (κ2) is 13.8. The maximum Gasteiger partial charge on any atom is 0.179 e. The molecule has 8 nitrogen and oxygen atoms in total. The third-order valence-electron chi connectivity index (χ3n) is 4.36. The van der Waals surface area contributed by atoms with Crippen molar-refractivity contribution in [2.45, 2.75) is 19.6 Å². The molecule has 0 atom stereocenters. The number of ether oxygens (including phenoxy) is 8. The topological polar surface area (TPSA) is 73.8 Å². The molecular formula is C22H30O8S3. The molecule has 0 fully saturated rings. The van der Waals surface area contributed by atoms with Crippen LogP contribution in [-0.2, 0) is 9.47 Å². The minimum atomic E-state index is 0.436. The van der Waals surface area contributed by atoms with E-state index in [0.29, 0.717) is 46.4 Å². The Bertz CT molecular complexity index is 850. The summed E-state index contributed by atoms with van der Waals surface area (Å²) in [6, 6.07) is 3.80. The van der Waals surface area contributed by atoms with Crippen molar-refractivity contribution in [1.29, 1.82) is 0 Å². The lowest BCUT2D eigenvalue weighted by atomic mass is 10.3. The zero-order chi connectivity index (χ0) is 24.4. The Balaban J connectivity index is 2.68. The molecule has 0 amide bonds. The van der Waals surface area contributed by atoms with Crippen molar-refractivity contribution in [3.05, 3.63) is 12.1 Å². The molecule has 2 aromatic rings. The molecule has 0 aliphatic carbocycles. The highest BCUT2D eigenvalue weighted by atomic mass is 32.2. The summed E-state index contributed by atoms with van der Waals surface area (Å²) < 4.78 is 44.6. The molecule has 184 valence electrons. The predicted molar refractivity (Wildman–Crippen MR) is 132 cm³/mol. The monoisotopic (exact) mass is 518 g/mol. The van der Waals surface area contributed by atoms with Crippen molar-refractivity contribution in [2.24, 2.45) is 0 Å². The molecule has 0 unspecified atom stereocenters. The summed E-state index contributed by atoms with van der Waals surface area (Å²) in [4.78, 5) is 3.12. The Kier molecular flexibility index (Phi) is 11.5. The average molecular weight is 519 g/mol. The number of methoxy groups -OCH3 is 8. The first-order valence-corrected chi connectivity index (χ1v) is 12.4. The molecule has 0 aliphatic rings. The first-order valence-electron chi connectivity index (χ1n) is 9.62. The number of rotatable bonds is 14. The van der Waals surface area contributed by atoms with Gasteiger partial charge < -0.3 is 37.9 Å². The SMILES string of the molecule is COCSc1c(OC)cc(Sc2cc(OC)c(SCOC)c(OC)c2OC)c(OC)c1OC. The maximum atomic E-state index is 5.74. The van der Waals surface area contributed by atoms with E-state index in [9.17, 15) is 0 Å². The lowest BCUT2D eigenvalue weighted by Gasteiger charge is -2.21. The van der Waals surface area contributed by atoms with Crippen molar-refractivity contribution >= 4 is 35.3 Å². The molecule has 0 N–H and O–H groups in total. The molecule has 0 saturated heterocycles. The van der Waals surface area contributed by atoms with Gasteiger partial charge in [0.25, 0.3) is 0 Å². The quantitative estimate of drug-likeness (QED) is 0.242. The van der Waals surface area contributed by atoms with Crippen LogP contribution >= 0.6 is 35.3 Å². The van der Waals surface area contributed by atoms with Gasteiger partial charge in [0.1, 0.15) is 11.5 Å². The molecule has 0 radical (unpaired) electrons. The molecule has 0 aromatic heterocycles. The highest BCUT2D eigenvalue weighted by Crippen LogP contribution is 2.55. The van der Waals surface area contributed by atoms with Gasteiger partial charge >= 0.3 is 0 Å². The summed E-state index contributed by atoms with van der Waals surface area (Å²) >= 11 is 4.33. The lowest BCUT2D eigenvalue weighted by molar-refractivity contribution is 0.258. The van der Waals surface area contributed by atoms with Crippen LogP contribution in [0.15, 0.2) is 31.7 Å². The molecule has 0 heterocycles. The van der Waals surface area contributed by atoms with Gasteiger partial charge in [-0.25, -0.2) is 0 Å². The third kappa shape index (κ3) is 6.21. The Labute approximate surface area is 207 Å². The third-order valence-corrected chi connectivity index (χ3v) is 7.47. The summed E-state index contributed by atoms with van der Waals surface area (Å²) in [6.45, 7) is 0. The van der Waals surface area contributed by atoms with Gasteiger partial charge in [-0.05, 0) is 12.1 Å². The van der Waals surface area contributed by atoms with Crippen LogP contribution in [0.4, 0.5) is 0 Å². The van der Waals surface area contributed by atoms with Crippen LogP contribution in [0, 0.1) is 0 Å². The molecule has 0 saturated carbocycles. The fourth-order valence-electron chi connectivity index (χ4n) is 2.99. The normalized spacial score (nSPS) is 10.7. The standard InChI is InChI=1S/C22H30O8S3/c1-23-11-31-21-13(25-3)9-15(17(27-5)19(21)29-7)33-16-10-14(26-4)22(32-12-24-2)20(30-8)18(16)28-6/h9-10H,11-12H2,1-8H3. The summed E-state index contributed by atoms with van der Waals surface area (Å²) in [5.41, 5.74) is 0. The highest BCUT2D eigenvalue weighted by molar-refractivity contribution is 8.00. The number of thioether (sulfide) groups is 2. The molecule has 0 aliphatic heterocycles. The minimum absolute atomic E-state index is 0.436. The summed E-state index contributed by atoms with van der Waals surface area (Å²) in [5.74, 6) is 4.42. The first-order chi connectivity index (χ1) is 16.0. The van der Waals surface area contributed by atoms with Crippen LogP contribution in [0.25, 0.3) is 0 Å². The van der Waals surface area contributed by atoms with Crippen molar-refractivity contribution in [2.75, 3.05) is 68.8 Å². The zero-order valence-electron chi connectivity index (χ0n) is 20.1. The lowest BCUT2D eigenvalue weighted by Crippen LogP contribution is -2.00. The van der Waals surface area contributed by atoms with E-state index < -0.39 is 0 Å². The highest BCUT2D eigenvalue weighted by Gasteiger charge is 2.26. The van der Waals surface area contributed by atoms with Crippen molar-refractivity contribution in [3.8, 4) is 34.5 Å². The molecule has 2 aromatic carbocycles. The van der Waals surface area contributed by atoms with Crippen LogP contribution < -0.4 is 28.4 Å². The Morgan fingerprint density at radius 3 is 1.15 bits per heavy atom. The van der Waals surface area contributed by atoms with Gasteiger partial charge in [0.15, 0.2) is 23.0 Å². The summed E-state index contributed by atoms with van der Waals surface area (Å²) in [6.07, 6.45) is 0. The second-order valence-electron chi connectivity index (χ2n) is 6.15. The molecule has 33 heavy (non-hydrogen) atoms. The van der Waals surface area contributed by atoms with E-state index >= 15 is 0 Å². The summed E-state index contributed by atoms with van der Waals surface area (Å²) in [5, 5.41) is 0. The van der Waals surface area contributed by atoms with Gasteiger partial charge in [0, 0.05) is 14.2 Å². The molecule has 0 spiro atoms. The van der Waals surface area contributed by atoms with Gasteiger partial charge in [-0.1, -0.05) is 35.3 Å². The van der Waals surface area contributed by atoms with E-state index in [1.54, 1.807) is 56.9 Å². The Morgan fingerprint density at radius 1 is 0.515 bits per heavy atom. The molecule has 11 heteroatoms. The second-order valence-corrected chi connectivity index (χ2v) is 9.10. The fourth-order valence-corrected chi connectivity index (χ4v) is 5.75. The van der Waals surface area contributed by atoms with E-state index in [4.69, 9.17) is 37.9 Å². The fraction of sp³-hybridized carbons (Fsp3) is 0.455. The molecule has 0 bridgehead atoms. The van der Waals surface area contributed by atoms with E-state index in [2.05, 4.69) is 0 Å². The van der Waals surface area contributed by atoms with E-state index in [1.165, 1.54) is 35.3 Å². The van der Waals surface area contributed by atoms with E-state index in [-0.39, 0.29) is 0 Å². The van der Waals surface area contributed by atoms with Crippen LogP contribution in [0.3, 0.4) is 0 Å². The zero-order valence-corrected chi connectivity index (χ0v) is 22.5. The average Bonchev–Trinajstić information content (AvgIpc) is 2.84. The number of hydrogen-bond acceptors (Lipinski definition) is 11. The van der Waals surface area contributed by atoms with Crippen LogP contribution in [0.2, 0.25) is 0 Å². The Hall–Kier alpha value is -1.79. The molecule has 2 rings (SSSR count).